The lowest BCUT2D eigenvalue weighted by atomic mass is 10.0. The summed E-state index contributed by atoms with van der Waals surface area (Å²) in [4.78, 5) is 29.6. The Labute approximate surface area is 176 Å². The summed E-state index contributed by atoms with van der Waals surface area (Å²) in [6.45, 7) is 2.57. The normalized spacial score (nSPS) is 12.8. The molecule has 2 aromatic carbocycles. The Morgan fingerprint density at radius 1 is 1.14 bits per heavy atom. The fourth-order valence-electron chi connectivity index (χ4n) is 2.96. The molecule has 4 rings (SSSR count). The standard InChI is InChI=1S/C21H17ClN2O2S2/c1-13-19(23-21-24(20(13)26)10-11-27-21)28-12-14-2-4-15(5-3-14)18(25)16-6-8-17(22)9-7-16/h2-9H,10-12H2,1H3. The van der Waals surface area contributed by atoms with Gasteiger partial charge in [-0.25, -0.2) is 4.98 Å². The van der Waals surface area contributed by atoms with Gasteiger partial charge in [0.2, 0.25) is 0 Å². The van der Waals surface area contributed by atoms with E-state index in [0.717, 1.165) is 28.0 Å². The number of ketones is 1. The van der Waals surface area contributed by atoms with Gasteiger partial charge >= 0.3 is 0 Å². The maximum Gasteiger partial charge on any atom is 0.258 e. The molecule has 0 spiro atoms. The molecule has 1 aliphatic heterocycles. The lowest BCUT2D eigenvalue weighted by molar-refractivity contribution is 0.103. The highest BCUT2D eigenvalue weighted by Crippen LogP contribution is 2.28. The number of nitrogens with zero attached hydrogens (tertiary/aromatic N) is 2. The summed E-state index contributed by atoms with van der Waals surface area (Å²) in [7, 11) is 0. The second-order valence-electron chi connectivity index (χ2n) is 6.45. The molecule has 0 N–H and O–H groups in total. The van der Waals surface area contributed by atoms with Crippen LogP contribution < -0.4 is 5.56 Å². The van der Waals surface area contributed by atoms with Gasteiger partial charge in [-0.05, 0) is 36.8 Å². The van der Waals surface area contributed by atoms with Crippen LogP contribution in [-0.2, 0) is 12.3 Å². The van der Waals surface area contributed by atoms with E-state index < -0.39 is 0 Å². The smallest absolute Gasteiger partial charge is 0.258 e. The van der Waals surface area contributed by atoms with Crippen LogP contribution in [0, 0.1) is 6.92 Å². The predicted octanol–water partition coefficient (Wildman–Crippen LogP) is 4.83. The molecule has 1 aliphatic rings. The van der Waals surface area contributed by atoms with Crippen molar-refractivity contribution in [3.63, 3.8) is 0 Å². The van der Waals surface area contributed by atoms with Crippen molar-refractivity contribution in [2.45, 2.75) is 29.4 Å². The summed E-state index contributed by atoms with van der Waals surface area (Å²) < 4.78 is 1.75. The molecule has 1 aromatic heterocycles. The van der Waals surface area contributed by atoms with Crippen molar-refractivity contribution in [2.75, 3.05) is 5.75 Å². The second-order valence-corrected chi connectivity index (χ2v) is 8.91. The van der Waals surface area contributed by atoms with Crippen LogP contribution in [-0.4, -0.2) is 21.1 Å². The Kier molecular flexibility index (Phi) is 5.62. The van der Waals surface area contributed by atoms with Crippen molar-refractivity contribution in [2.24, 2.45) is 0 Å². The van der Waals surface area contributed by atoms with Gasteiger partial charge in [0, 0.05) is 39.8 Å². The Morgan fingerprint density at radius 2 is 1.79 bits per heavy atom. The van der Waals surface area contributed by atoms with Gasteiger partial charge in [-0.3, -0.25) is 14.2 Å². The first-order valence-electron chi connectivity index (χ1n) is 8.79. The maximum absolute atomic E-state index is 12.5. The van der Waals surface area contributed by atoms with Crippen LogP contribution in [0.3, 0.4) is 0 Å². The summed E-state index contributed by atoms with van der Waals surface area (Å²) in [6.07, 6.45) is 0. The summed E-state index contributed by atoms with van der Waals surface area (Å²) in [5.74, 6) is 1.56. The Hall–Kier alpha value is -2.02. The zero-order chi connectivity index (χ0) is 19.7. The molecule has 0 fully saturated rings. The van der Waals surface area contributed by atoms with Crippen molar-refractivity contribution < 1.29 is 4.79 Å². The molecule has 0 aliphatic carbocycles. The molecule has 0 saturated carbocycles. The van der Waals surface area contributed by atoms with E-state index in [4.69, 9.17) is 11.6 Å². The lowest BCUT2D eigenvalue weighted by Gasteiger charge is -2.09. The minimum Gasteiger partial charge on any atom is -0.289 e. The van der Waals surface area contributed by atoms with Crippen molar-refractivity contribution >= 4 is 40.9 Å². The molecule has 0 bridgehead atoms. The van der Waals surface area contributed by atoms with Crippen LogP contribution in [0.2, 0.25) is 5.02 Å². The van der Waals surface area contributed by atoms with E-state index in [1.165, 1.54) is 0 Å². The summed E-state index contributed by atoms with van der Waals surface area (Å²) >= 11 is 9.06. The fraction of sp³-hybridized carbons (Fsp3) is 0.190. The molecule has 28 heavy (non-hydrogen) atoms. The van der Waals surface area contributed by atoms with E-state index in [1.807, 2.05) is 31.2 Å². The number of hydrogen-bond donors (Lipinski definition) is 0. The highest BCUT2D eigenvalue weighted by atomic mass is 35.5. The molecule has 0 saturated heterocycles. The van der Waals surface area contributed by atoms with Crippen molar-refractivity contribution in [1.29, 1.82) is 0 Å². The minimum absolute atomic E-state index is 0.0305. The van der Waals surface area contributed by atoms with Crippen LogP contribution in [0.4, 0.5) is 0 Å². The molecule has 4 nitrogen and oxygen atoms in total. The SMILES string of the molecule is Cc1c(SCc2ccc(C(=O)c3ccc(Cl)cc3)cc2)nc2n(c1=O)CCS2. The molecule has 3 aromatic rings. The van der Waals surface area contributed by atoms with Gasteiger partial charge in [-0.1, -0.05) is 47.6 Å². The van der Waals surface area contributed by atoms with Crippen LogP contribution in [0.1, 0.15) is 27.0 Å². The first kappa shape index (κ1) is 19.3. The van der Waals surface area contributed by atoms with E-state index in [0.29, 0.717) is 27.5 Å². The number of carbonyl (C=O) groups excluding carboxylic acids is 1. The number of rotatable bonds is 5. The van der Waals surface area contributed by atoms with Crippen LogP contribution in [0.5, 0.6) is 0 Å². The molecular formula is C21H17ClN2O2S2. The first-order valence-corrected chi connectivity index (χ1v) is 11.1. The van der Waals surface area contributed by atoms with Gasteiger partial charge in [-0.15, -0.1) is 11.8 Å². The van der Waals surface area contributed by atoms with Gasteiger partial charge in [0.15, 0.2) is 10.9 Å². The quantitative estimate of drug-likeness (QED) is 0.252. The largest absolute Gasteiger partial charge is 0.289 e. The highest BCUT2D eigenvalue weighted by Gasteiger charge is 2.18. The second kappa shape index (κ2) is 8.15. The van der Waals surface area contributed by atoms with E-state index in [9.17, 15) is 9.59 Å². The van der Waals surface area contributed by atoms with Gasteiger partial charge in [0.1, 0.15) is 5.03 Å². The highest BCUT2D eigenvalue weighted by molar-refractivity contribution is 7.99. The third-order valence-corrected chi connectivity index (χ3v) is 6.92. The van der Waals surface area contributed by atoms with Crippen LogP contribution in [0.25, 0.3) is 0 Å². The monoisotopic (exact) mass is 428 g/mol. The molecule has 142 valence electrons. The number of fused-ring (bicyclic) bond motifs is 1. The van der Waals surface area contributed by atoms with E-state index >= 15 is 0 Å². The van der Waals surface area contributed by atoms with Gasteiger partial charge in [0.25, 0.3) is 5.56 Å². The summed E-state index contributed by atoms with van der Waals surface area (Å²) in [5.41, 5.74) is 3.08. The fourth-order valence-corrected chi connectivity index (χ4v) is 5.04. The number of benzene rings is 2. The Balaban J connectivity index is 1.47. The summed E-state index contributed by atoms with van der Waals surface area (Å²) in [5, 5.41) is 2.20. The van der Waals surface area contributed by atoms with E-state index in [2.05, 4.69) is 4.98 Å². The van der Waals surface area contributed by atoms with Gasteiger partial charge in [0.05, 0.1) is 0 Å². The molecule has 0 atom stereocenters. The average Bonchev–Trinajstić information content (AvgIpc) is 3.19. The van der Waals surface area contributed by atoms with Crippen molar-refractivity contribution in [1.82, 2.24) is 9.55 Å². The minimum atomic E-state index is -0.0305. The Morgan fingerprint density at radius 3 is 2.46 bits per heavy atom. The number of thioether (sulfide) groups is 2. The first-order chi connectivity index (χ1) is 13.5. The molecule has 0 amide bonds. The van der Waals surface area contributed by atoms with Crippen LogP contribution in [0.15, 0.2) is 63.5 Å². The van der Waals surface area contributed by atoms with E-state index in [-0.39, 0.29) is 11.3 Å². The Bertz CT molecular complexity index is 1090. The molecule has 2 heterocycles. The van der Waals surface area contributed by atoms with Crippen molar-refractivity contribution in [3.05, 3.63) is 86.2 Å². The zero-order valence-corrected chi connectivity index (χ0v) is 17.5. The molecule has 0 unspecified atom stereocenters. The van der Waals surface area contributed by atoms with Crippen LogP contribution >= 0.6 is 35.1 Å². The predicted molar refractivity (Wildman–Crippen MR) is 115 cm³/mol. The number of aromatic nitrogens is 2. The average molecular weight is 429 g/mol. The summed E-state index contributed by atoms with van der Waals surface area (Å²) in [6, 6.07) is 14.4. The molecule has 0 radical (unpaired) electrons. The maximum atomic E-state index is 12.5. The lowest BCUT2D eigenvalue weighted by Crippen LogP contribution is -2.23. The topological polar surface area (TPSA) is 52.0 Å². The van der Waals surface area contributed by atoms with Gasteiger partial charge < -0.3 is 0 Å². The molecule has 7 heteroatoms. The van der Waals surface area contributed by atoms with Gasteiger partial charge in [-0.2, -0.15) is 0 Å². The number of carbonyl (C=O) groups is 1. The molecular weight excluding hydrogens is 412 g/mol. The van der Waals surface area contributed by atoms with Crippen molar-refractivity contribution in [3.8, 4) is 0 Å². The third-order valence-electron chi connectivity index (χ3n) is 4.56. The zero-order valence-electron chi connectivity index (χ0n) is 15.1. The number of halogens is 1. The third kappa shape index (κ3) is 3.90. The van der Waals surface area contributed by atoms with E-state index in [1.54, 1.807) is 52.4 Å². The number of hydrogen-bond acceptors (Lipinski definition) is 5.